The number of rotatable bonds is 6. The molecule has 170 valence electrons. The third-order valence-corrected chi connectivity index (χ3v) is 6.24. The average molecular weight is 458 g/mol. The van der Waals surface area contributed by atoms with E-state index in [2.05, 4.69) is 9.88 Å². The maximum absolute atomic E-state index is 13.5. The predicted octanol–water partition coefficient (Wildman–Crippen LogP) is 1.13. The van der Waals surface area contributed by atoms with Crippen LogP contribution in [0, 0.1) is 0 Å². The maximum atomic E-state index is 13.5. The number of piperidine rings is 1. The molecule has 0 bridgehead atoms. The molecule has 3 aromatic heterocycles. The molecule has 0 radical (unpaired) electrons. The van der Waals surface area contributed by atoms with Crippen LogP contribution in [-0.4, -0.2) is 48.6 Å². The number of nitrogens with zero attached hydrogens (tertiary/aromatic N) is 6. The van der Waals surface area contributed by atoms with Gasteiger partial charge in [0.05, 0.1) is 12.1 Å². The molecule has 1 saturated heterocycles. The monoisotopic (exact) mass is 457 g/mol. The molecule has 10 nitrogen and oxygen atoms in total. The zero-order valence-electron chi connectivity index (χ0n) is 18.4. The lowest BCUT2D eigenvalue weighted by atomic mass is 10.1. The van der Waals surface area contributed by atoms with Gasteiger partial charge in [0.15, 0.2) is 11.2 Å². The molecule has 0 spiro atoms. The Hall–Kier alpha value is -3.05. The van der Waals surface area contributed by atoms with Crippen LogP contribution in [-0.2, 0) is 20.1 Å². The van der Waals surface area contributed by atoms with Gasteiger partial charge in [-0.05, 0) is 26.7 Å². The van der Waals surface area contributed by atoms with Gasteiger partial charge < -0.3 is 15.2 Å². The van der Waals surface area contributed by atoms with Gasteiger partial charge in [-0.1, -0.05) is 11.6 Å². The third kappa shape index (κ3) is 4.05. The summed E-state index contributed by atoms with van der Waals surface area (Å²) in [5, 5.41) is 1.60. The van der Waals surface area contributed by atoms with E-state index in [1.807, 2.05) is 24.5 Å². The number of hydrogen-bond donors (Lipinski definition) is 1. The Morgan fingerprint density at radius 3 is 2.75 bits per heavy atom. The molecule has 32 heavy (non-hydrogen) atoms. The van der Waals surface area contributed by atoms with Gasteiger partial charge in [-0.3, -0.25) is 18.7 Å². The number of hydrogen-bond acceptors (Lipinski definition) is 8. The van der Waals surface area contributed by atoms with Crippen molar-refractivity contribution in [3.63, 3.8) is 0 Å². The predicted molar refractivity (Wildman–Crippen MR) is 125 cm³/mol. The van der Waals surface area contributed by atoms with Crippen LogP contribution in [0.25, 0.3) is 11.2 Å². The van der Waals surface area contributed by atoms with Crippen LogP contribution in [0.2, 0.25) is 0 Å². The van der Waals surface area contributed by atoms with E-state index in [9.17, 15) is 14.4 Å². The number of carbonyl (C=O) groups is 1. The lowest BCUT2D eigenvalue weighted by Crippen LogP contribution is -2.44. The van der Waals surface area contributed by atoms with E-state index >= 15 is 0 Å². The quantitative estimate of drug-likeness (QED) is 0.435. The molecular weight excluding hydrogens is 430 g/mol. The van der Waals surface area contributed by atoms with Gasteiger partial charge in [0.2, 0.25) is 11.7 Å². The first-order valence-electron chi connectivity index (χ1n) is 10.5. The average Bonchev–Trinajstić information content (AvgIpc) is 3.42. The van der Waals surface area contributed by atoms with Crippen LogP contribution < -0.4 is 21.9 Å². The van der Waals surface area contributed by atoms with Crippen LogP contribution >= 0.6 is 11.3 Å². The second-order valence-corrected chi connectivity index (χ2v) is 9.07. The Morgan fingerprint density at radius 1 is 1.31 bits per heavy atom. The number of ketones is 1. The second kappa shape index (κ2) is 8.83. The van der Waals surface area contributed by atoms with Gasteiger partial charge in [-0.25, -0.2) is 9.78 Å². The zero-order chi connectivity index (χ0) is 23.0. The summed E-state index contributed by atoms with van der Waals surface area (Å²) < 4.78 is 4.12. The number of imidazole rings is 1. The molecule has 4 rings (SSSR count). The van der Waals surface area contributed by atoms with E-state index in [0.29, 0.717) is 30.2 Å². The van der Waals surface area contributed by atoms with Crippen molar-refractivity contribution >= 4 is 34.2 Å². The fourth-order valence-corrected chi connectivity index (χ4v) is 4.51. The van der Waals surface area contributed by atoms with E-state index < -0.39 is 11.2 Å². The summed E-state index contributed by atoms with van der Waals surface area (Å²) in [6.45, 7) is 5.42. The van der Waals surface area contributed by atoms with Crippen molar-refractivity contribution in [2.45, 2.75) is 45.8 Å². The summed E-state index contributed by atoms with van der Waals surface area (Å²) in [5.74, 6) is 0.228. The molecule has 1 aliphatic rings. The molecule has 0 aromatic carbocycles. The fraction of sp³-hybridized carbons (Fsp3) is 0.476. The molecule has 3 aromatic rings. The number of fused-ring (bicyclic) bond motifs is 1. The Balaban J connectivity index is 1.90. The number of carbonyl (C=O) groups excluding carboxylic acids is 1. The molecule has 1 fully saturated rings. The number of thiazole rings is 1. The van der Waals surface area contributed by atoms with Crippen LogP contribution in [0.3, 0.4) is 0 Å². The van der Waals surface area contributed by atoms with Crippen molar-refractivity contribution in [2.24, 2.45) is 12.8 Å². The summed E-state index contributed by atoms with van der Waals surface area (Å²) in [6, 6.07) is 0.0247. The standard InChI is InChI=1S/C21H27N7O3S/c1-13(2)6-8-27-17-18(24-20(27)26-7-4-5-14(22)9-26)25(3)21(31)28(19(17)30)10-16(29)15-11-32-12-23-15/h6,11-12,14H,4-5,7-10,22H2,1-3H3. The number of nitrogens with two attached hydrogens (primary N) is 1. The lowest BCUT2D eigenvalue weighted by Gasteiger charge is -2.31. The van der Waals surface area contributed by atoms with Gasteiger partial charge in [-0.15, -0.1) is 11.3 Å². The minimum atomic E-state index is -0.583. The van der Waals surface area contributed by atoms with Gasteiger partial charge >= 0.3 is 5.69 Å². The van der Waals surface area contributed by atoms with Crippen molar-refractivity contribution in [2.75, 3.05) is 18.0 Å². The summed E-state index contributed by atoms with van der Waals surface area (Å²) >= 11 is 1.28. The molecule has 1 atom stereocenters. The van der Waals surface area contributed by atoms with E-state index in [1.165, 1.54) is 15.9 Å². The maximum Gasteiger partial charge on any atom is 0.332 e. The molecule has 0 saturated carbocycles. The first kappa shape index (κ1) is 22.2. The summed E-state index contributed by atoms with van der Waals surface area (Å²) in [6.07, 6.45) is 3.87. The van der Waals surface area contributed by atoms with Gasteiger partial charge in [0, 0.05) is 38.1 Å². The smallest absolute Gasteiger partial charge is 0.332 e. The van der Waals surface area contributed by atoms with Gasteiger partial charge in [0.1, 0.15) is 5.69 Å². The second-order valence-electron chi connectivity index (χ2n) is 8.35. The van der Waals surface area contributed by atoms with Crippen LogP contribution in [0.1, 0.15) is 37.2 Å². The van der Waals surface area contributed by atoms with E-state index in [4.69, 9.17) is 10.7 Å². The van der Waals surface area contributed by atoms with Crippen LogP contribution in [0.5, 0.6) is 0 Å². The highest BCUT2D eigenvalue weighted by Crippen LogP contribution is 2.23. The third-order valence-electron chi connectivity index (χ3n) is 5.65. The normalized spacial score (nSPS) is 16.5. The first-order chi connectivity index (χ1) is 15.3. The summed E-state index contributed by atoms with van der Waals surface area (Å²) in [5.41, 5.74) is 8.54. The summed E-state index contributed by atoms with van der Waals surface area (Å²) in [7, 11) is 1.57. The molecular formula is C21H27N7O3S. The molecule has 2 N–H and O–H groups in total. The van der Waals surface area contributed by atoms with Crippen LogP contribution in [0.4, 0.5) is 5.95 Å². The topological polar surface area (TPSA) is 121 Å². The van der Waals surface area contributed by atoms with E-state index in [0.717, 1.165) is 29.5 Å². The number of allylic oxidation sites excluding steroid dienone is 2. The molecule has 4 heterocycles. The minimum absolute atomic E-state index is 0.0247. The minimum Gasteiger partial charge on any atom is -0.341 e. The SMILES string of the molecule is CC(C)=CCn1c(N2CCCC(N)C2)nc2c1c(=O)n(CC(=O)c1cscn1)c(=O)n2C. The molecule has 1 unspecified atom stereocenters. The number of aryl methyl sites for hydroxylation is 1. The molecule has 0 amide bonds. The molecule has 0 aliphatic carbocycles. The highest BCUT2D eigenvalue weighted by atomic mass is 32.1. The number of aromatic nitrogens is 5. The largest absolute Gasteiger partial charge is 0.341 e. The van der Waals surface area contributed by atoms with Crippen molar-refractivity contribution in [3.8, 4) is 0 Å². The number of anilines is 1. The Labute approximate surface area is 188 Å². The van der Waals surface area contributed by atoms with Crippen molar-refractivity contribution in [1.29, 1.82) is 0 Å². The molecule has 11 heteroatoms. The lowest BCUT2D eigenvalue weighted by molar-refractivity contribution is 0.0964. The Kier molecular flexibility index (Phi) is 6.11. The highest BCUT2D eigenvalue weighted by molar-refractivity contribution is 7.07. The van der Waals surface area contributed by atoms with E-state index in [-0.39, 0.29) is 24.1 Å². The van der Waals surface area contributed by atoms with Gasteiger partial charge in [-0.2, -0.15) is 4.98 Å². The summed E-state index contributed by atoms with van der Waals surface area (Å²) in [4.78, 5) is 49.8. The van der Waals surface area contributed by atoms with Gasteiger partial charge in [0.25, 0.3) is 5.56 Å². The zero-order valence-corrected chi connectivity index (χ0v) is 19.3. The Morgan fingerprint density at radius 2 is 2.09 bits per heavy atom. The highest BCUT2D eigenvalue weighted by Gasteiger charge is 2.26. The first-order valence-corrected chi connectivity index (χ1v) is 11.5. The Bertz CT molecular complexity index is 1300. The van der Waals surface area contributed by atoms with Crippen LogP contribution in [0.15, 0.2) is 32.1 Å². The van der Waals surface area contributed by atoms with Crippen molar-refractivity contribution in [3.05, 3.63) is 49.1 Å². The van der Waals surface area contributed by atoms with Crippen molar-refractivity contribution in [1.82, 2.24) is 23.7 Å². The van der Waals surface area contributed by atoms with E-state index in [1.54, 1.807) is 17.9 Å². The molecule has 1 aliphatic heterocycles. The fourth-order valence-electron chi connectivity index (χ4n) is 3.95. The number of Topliss-reactive ketones (excluding diaryl/α,β-unsaturated/α-hetero) is 1. The van der Waals surface area contributed by atoms with Crippen molar-refractivity contribution < 1.29 is 4.79 Å².